The maximum absolute atomic E-state index is 11.9. The molecule has 0 fully saturated rings. The normalized spacial score (nSPS) is 26.3. The summed E-state index contributed by atoms with van der Waals surface area (Å²) in [4.78, 5) is 11.9. The molecule has 0 spiro atoms. The molecule has 2 heteroatoms. The molecular weight excluding hydrogens is 224 g/mol. The van der Waals surface area contributed by atoms with Gasteiger partial charge in [0.25, 0.3) is 0 Å². The van der Waals surface area contributed by atoms with Crippen LogP contribution in [0.4, 0.5) is 0 Å². The van der Waals surface area contributed by atoms with Crippen molar-refractivity contribution in [2.45, 2.75) is 31.8 Å². The van der Waals surface area contributed by atoms with Gasteiger partial charge in [-0.15, -0.1) is 0 Å². The van der Waals surface area contributed by atoms with E-state index in [1.165, 1.54) is 0 Å². The number of rotatable bonds is 1. The van der Waals surface area contributed by atoms with Crippen LogP contribution in [-0.2, 0) is 11.2 Å². The minimum atomic E-state index is -0.992. The third kappa shape index (κ3) is 1.49. The van der Waals surface area contributed by atoms with Crippen LogP contribution in [0.25, 0.3) is 10.8 Å². The van der Waals surface area contributed by atoms with E-state index in [1.807, 2.05) is 24.3 Å². The van der Waals surface area contributed by atoms with Gasteiger partial charge in [-0.05, 0) is 35.7 Å². The number of hydrogen-bond donors (Lipinski definition) is 1. The molecule has 0 aliphatic heterocycles. The molecule has 0 amide bonds. The molecule has 0 saturated heterocycles. The number of Topliss-reactive ketones (excluding diaryl/α,β-unsaturated/α-hetero) is 1. The third-order valence-corrected chi connectivity index (χ3v) is 3.91. The Morgan fingerprint density at radius 1 is 1.28 bits per heavy atom. The molecule has 3 rings (SSSR count). The fraction of sp³-hybridized carbons (Fsp3) is 0.312. The molecule has 1 N–H and O–H groups in total. The lowest BCUT2D eigenvalue weighted by Gasteiger charge is -2.37. The van der Waals surface area contributed by atoms with E-state index >= 15 is 0 Å². The van der Waals surface area contributed by atoms with E-state index in [2.05, 4.69) is 12.1 Å². The minimum Gasteiger partial charge on any atom is -0.389 e. The van der Waals surface area contributed by atoms with Gasteiger partial charge in [-0.1, -0.05) is 36.4 Å². The lowest BCUT2D eigenvalue weighted by atomic mass is 9.70. The van der Waals surface area contributed by atoms with Gasteiger partial charge in [0.05, 0.1) is 11.5 Å². The summed E-state index contributed by atoms with van der Waals surface area (Å²) in [5.41, 5.74) is 1.10. The highest BCUT2D eigenvalue weighted by Crippen LogP contribution is 2.42. The third-order valence-electron chi connectivity index (χ3n) is 3.91. The Morgan fingerprint density at radius 2 is 1.94 bits per heavy atom. The van der Waals surface area contributed by atoms with Gasteiger partial charge in [0.15, 0.2) is 0 Å². The average molecular weight is 240 g/mol. The first-order chi connectivity index (χ1) is 8.50. The van der Waals surface area contributed by atoms with Crippen LogP contribution in [0.15, 0.2) is 36.4 Å². The van der Waals surface area contributed by atoms with Crippen molar-refractivity contribution in [2.24, 2.45) is 0 Å². The molecular formula is C16H16O2. The summed E-state index contributed by atoms with van der Waals surface area (Å²) in [7, 11) is 0. The van der Waals surface area contributed by atoms with Crippen LogP contribution in [-0.4, -0.2) is 16.5 Å². The van der Waals surface area contributed by atoms with Crippen molar-refractivity contribution >= 4 is 16.6 Å². The number of carbonyl (C=O) groups is 1. The molecule has 0 saturated carbocycles. The second-order valence-corrected chi connectivity index (χ2v) is 5.44. The predicted octanol–water partition coefficient (Wildman–Crippen LogP) is 2.82. The van der Waals surface area contributed by atoms with Crippen LogP contribution in [0, 0.1) is 0 Å². The van der Waals surface area contributed by atoms with E-state index < -0.39 is 11.5 Å². The summed E-state index contributed by atoms with van der Waals surface area (Å²) >= 11 is 0. The summed E-state index contributed by atoms with van der Waals surface area (Å²) in [5.74, 6) is -0.391. The Hall–Kier alpha value is -1.67. The largest absolute Gasteiger partial charge is 0.389 e. The molecule has 2 aromatic carbocycles. The lowest BCUT2D eigenvalue weighted by Crippen LogP contribution is -2.41. The Kier molecular flexibility index (Phi) is 2.32. The van der Waals surface area contributed by atoms with E-state index in [1.54, 1.807) is 13.8 Å². The van der Waals surface area contributed by atoms with Crippen molar-refractivity contribution in [1.29, 1.82) is 0 Å². The summed E-state index contributed by atoms with van der Waals surface area (Å²) in [6, 6.07) is 12.1. The zero-order chi connectivity index (χ0) is 12.9. The van der Waals surface area contributed by atoms with Gasteiger partial charge in [0.1, 0.15) is 5.78 Å². The highest BCUT2D eigenvalue weighted by molar-refractivity contribution is 5.97. The highest BCUT2D eigenvalue weighted by atomic mass is 16.3. The van der Waals surface area contributed by atoms with E-state index in [0.29, 0.717) is 6.42 Å². The van der Waals surface area contributed by atoms with Gasteiger partial charge in [0.2, 0.25) is 0 Å². The van der Waals surface area contributed by atoms with Gasteiger partial charge < -0.3 is 5.11 Å². The number of benzene rings is 2. The van der Waals surface area contributed by atoms with E-state index in [4.69, 9.17) is 0 Å². The quantitative estimate of drug-likeness (QED) is 0.832. The Morgan fingerprint density at radius 3 is 2.61 bits per heavy atom. The topological polar surface area (TPSA) is 37.3 Å². The van der Waals surface area contributed by atoms with Crippen LogP contribution >= 0.6 is 0 Å². The number of ketones is 1. The standard InChI is InChI=1S/C16H16O2/c1-10(17)15-13-8-4-6-11-5-3-7-12(14(11)13)9-16(15,2)18/h3-8,15,18H,9H2,1-2H3. The Bertz CT molecular complexity index is 635. The van der Waals surface area contributed by atoms with Crippen molar-refractivity contribution in [3.63, 3.8) is 0 Å². The van der Waals surface area contributed by atoms with Crippen LogP contribution in [0.1, 0.15) is 30.9 Å². The average Bonchev–Trinajstić information content (AvgIpc) is 2.27. The highest BCUT2D eigenvalue weighted by Gasteiger charge is 2.41. The van der Waals surface area contributed by atoms with Crippen molar-refractivity contribution < 1.29 is 9.90 Å². The molecule has 1 aliphatic rings. The Balaban J connectivity index is 2.39. The number of aliphatic hydroxyl groups is 1. The van der Waals surface area contributed by atoms with Gasteiger partial charge in [0, 0.05) is 6.42 Å². The zero-order valence-corrected chi connectivity index (χ0v) is 10.6. The van der Waals surface area contributed by atoms with Crippen LogP contribution in [0.5, 0.6) is 0 Å². The Labute approximate surface area is 106 Å². The zero-order valence-electron chi connectivity index (χ0n) is 10.6. The predicted molar refractivity (Wildman–Crippen MR) is 71.7 cm³/mol. The molecule has 92 valence electrons. The van der Waals surface area contributed by atoms with E-state index in [9.17, 15) is 9.90 Å². The van der Waals surface area contributed by atoms with Gasteiger partial charge in [-0.2, -0.15) is 0 Å². The first kappa shape index (κ1) is 11.4. The molecule has 0 bridgehead atoms. The number of hydrogen-bond acceptors (Lipinski definition) is 2. The second-order valence-electron chi connectivity index (χ2n) is 5.44. The smallest absolute Gasteiger partial charge is 0.140 e. The fourth-order valence-electron chi connectivity index (χ4n) is 3.32. The minimum absolute atomic E-state index is 0.0296. The van der Waals surface area contributed by atoms with E-state index in [0.717, 1.165) is 21.9 Å². The monoisotopic (exact) mass is 240 g/mol. The van der Waals surface area contributed by atoms with Crippen LogP contribution in [0.2, 0.25) is 0 Å². The molecule has 18 heavy (non-hydrogen) atoms. The molecule has 0 aromatic heterocycles. The summed E-state index contributed by atoms with van der Waals surface area (Å²) in [6.45, 7) is 3.32. The summed E-state index contributed by atoms with van der Waals surface area (Å²) in [6.07, 6.45) is 0.533. The van der Waals surface area contributed by atoms with Gasteiger partial charge in [-0.3, -0.25) is 4.79 Å². The van der Waals surface area contributed by atoms with Crippen molar-refractivity contribution in [1.82, 2.24) is 0 Å². The first-order valence-corrected chi connectivity index (χ1v) is 6.24. The molecule has 2 unspecified atom stereocenters. The van der Waals surface area contributed by atoms with Crippen molar-refractivity contribution in [3.05, 3.63) is 47.5 Å². The molecule has 2 nitrogen and oxygen atoms in total. The first-order valence-electron chi connectivity index (χ1n) is 6.24. The summed E-state index contributed by atoms with van der Waals surface area (Å²) < 4.78 is 0. The van der Waals surface area contributed by atoms with Crippen LogP contribution < -0.4 is 0 Å². The molecule has 0 heterocycles. The SMILES string of the molecule is CC(=O)C1c2cccc3cccc(c23)CC1(C)O. The molecule has 2 atom stereocenters. The van der Waals surface area contributed by atoms with Gasteiger partial charge in [-0.25, -0.2) is 0 Å². The van der Waals surface area contributed by atoms with Crippen LogP contribution in [0.3, 0.4) is 0 Å². The van der Waals surface area contributed by atoms with E-state index in [-0.39, 0.29) is 5.78 Å². The molecule has 0 radical (unpaired) electrons. The van der Waals surface area contributed by atoms with Crippen molar-refractivity contribution in [3.8, 4) is 0 Å². The van der Waals surface area contributed by atoms with Crippen molar-refractivity contribution in [2.75, 3.05) is 0 Å². The number of carbonyl (C=O) groups excluding carboxylic acids is 1. The molecule has 1 aliphatic carbocycles. The maximum Gasteiger partial charge on any atom is 0.140 e. The summed E-state index contributed by atoms with van der Waals surface area (Å²) in [5, 5.41) is 12.9. The maximum atomic E-state index is 11.9. The second kappa shape index (κ2) is 3.66. The lowest BCUT2D eigenvalue weighted by molar-refractivity contribution is -0.124. The molecule has 2 aromatic rings. The fourth-order valence-corrected chi connectivity index (χ4v) is 3.32. The van der Waals surface area contributed by atoms with Gasteiger partial charge >= 0.3 is 0 Å².